The van der Waals surface area contributed by atoms with Crippen LogP contribution in [0.2, 0.25) is 0 Å². The fourth-order valence-electron chi connectivity index (χ4n) is 4.70. The third-order valence-corrected chi connectivity index (χ3v) is 7.68. The third-order valence-electron chi connectivity index (χ3n) is 6.60. The Bertz CT molecular complexity index is 1070. The fraction of sp³-hybridized carbons (Fsp3) is 0.444. The highest BCUT2D eigenvalue weighted by molar-refractivity contribution is 8.00. The summed E-state index contributed by atoms with van der Waals surface area (Å²) in [6.45, 7) is 1.40. The number of nitrogens with zero attached hydrogens (tertiary/aromatic N) is 1. The normalized spacial score (nSPS) is 16.3. The summed E-state index contributed by atoms with van der Waals surface area (Å²) in [4.78, 5) is 40.1. The lowest BCUT2D eigenvalue weighted by Crippen LogP contribution is -2.31. The van der Waals surface area contributed by atoms with Gasteiger partial charge in [-0.15, -0.1) is 11.8 Å². The zero-order valence-corrected chi connectivity index (χ0v) is 21.0. The molecule has 0 unspecified atom stereocenters. The Labute approximate surface area is 211 Å². The molecule has 0 atom stereocenters. The number of methoxy groups -OCH3 is 1. The number of carbonyl (C=O) groups is 3. The van der Waals surface area contributed by atoms with Gasteiger partial charge in [0.05, 0.1) is 24.1 Å². The van der Waals surface area contributed by atoms with Crippen LogP contribution in [0, 0.1) is 5.92 Å². The van der Waals surface area contributed by atoms with E-state index in [9.17, 15) is 14.4 Å². The molecule has 1 heterocycles. The molecule has 0 spiro atoms. The monoisotopic (exact) mass is 495 g/mol. The summed E-state index contributed by atoms with van der Waals surface area (Å²) in [6.07, 6.45) is 7.55. The predicted molar refractivity (Wildman–Crippen MR) is 139 cm³/mol. The number of rotatable bonds is 9. The topological polar surface area (TPSA) is 87.7 Å². The summed E-state index contributed by atoms with van der Waals surface area (Å²) in [5.74, 6) is 1.20. The SMILES string of the molecule is COc1cc(NC(=O)c2ccccc2SCC(=O)NCC2CCCCC2)ccc1N1CCCC1=O. The molecule has 1 aliphatic carbocycles. The van der Waals surface area contributed by atoms with Crippen molar-refractivity contribution in [1.82, 2.24) is 5.32 Å². The molecular formula is C27H33N3O4S. The first-order chi connectivity index (χ1) is 17.0. The molecule has 7 nitrogen and oxygen atoms in total. The second kappa shape index (κ2) is 12.1. The summed E-state index contributed by atoms with van der Waals surface area (Å²) in [7, 11) is 1.55. The zero-order valence-electron chi connectivity index (χ0n) is 20.2. The van der Waals surface area contributed by atoms with Crippen LogP contribution in [0.25, 0.3) is 0 Å². The molecule has 4 rings (SSSR count). The van der Waals surface area contributed by atoms with E-state index in [1.54, 1.807) is 36.3 Å². The Morgan fingerprint density at radius 3 is 2.63 bits per heavy atom. The quantitative estimate of drug-likeness (QED) is 0.485. The van der Waals surface area contributed by atoms with Crippen LogP contribution in [0.3, 0.4) is 0 Å². The van der Waals surface area contributed by atoms with Gasteiger partial charge in [-0.05, 0) is 49.4 Å². The van der Waals surface area contributed by atoms with Crippen LogP contribution in [0.4, 0.5) is 11.4 Å². The van der Waals surface area contributed by atoms with E-state index in [1.165, 1.54) is 43.9 Å². The molecule has 3 amide bonds. The molecule has 1 saturated heterocycles. The maximum absolute atomic E-state index is 13.1. The average Bonchev–Trinajstić information content (AvgIpc) is 3.32. The van der Waals surface area contributed by atoms with Crippen LogP contribution in [0.15, 0.2) is 47.4 Å². The summed E-state index contributed by atoms with van der Waals surface area (Å²) in [6, 6.07) is 12.6. The molecule has 8 heteroatoms. The number of ether oxygens (including phenoxy) is 1. The number of hydrogen-bond donors (Lipinski definition) is 2. The highest BCUT2D eigenvalue weighted by Gasteiger charge is 2.25. The van der Waals surface area contributed by atoms with E-state index in [2.05, 4.69) is 10.6 Å². The molecule has 1 saturated carbocycles. The number of hydrogen-bond acceptors (Lipinski definition) is 5. The summed E-state index contributed by atoms with van der Waals surface area (Å²) >= 11 is 1.37. The summed E-state index contributed by atoms with van der Waals surface area (Å²) in [5, 5.41) is 5.97. The lowest BCUT2D eigenvalue weighted by molar-refractivity contribution is -0.119. The van der Waals surface area contributed by atoms with Crippen molar-refractivity contribution in [2.45, 2.75) is 49.8 Å². The van der Waals surface area contributed by atoms with Gasteiger partial charge in [0.25, 0.3) is 5.91 Å². The van der Waals surface area contributed by atoms with Gasteiger partial charge in [0.2, 0.25) is 11.8 Å². The molecule has 2 N–H and O–H groups in total. The summed E-state index contributed by atoms with van der Waals surface area (Å²) in [5.41, 5.74) is 1.80. The first kappa shape index (κ1) is 25.1. The standard InChI is InChI=1S/C27H33N3O4S/c1-34-23-16-20(13-14-22(23)30-15-7-12-26(30)32)29-27(33)21-10-5-6-11-24(21)35-18-25(31)28-17-19-8-3-2-4-9-19/h5-6,10-11,13-14,16,19H,2-4,7-9,12,15,17-18H2,1H3,(H,28,31)(H,29,33). The van der Waals surface area contributed by atoms with Crippen LogP contribution in [0.5, 0.6) is 5.75 Å². The zero-order chi connectivity index (χ0) is 24.6. The van der Waals surface area contributed by atoms with Crippen molar-refractivity contribution < 1.29 is 19.1 Å². The molecule has 2 aromatic carbocycles. The van der Waals surface area contributed by atoms with Crippen molar-refractivity contribution in [1.29, 1.82) is 0 Å². The predicted octanol–water partition coefficient (Wildman–Crippen LogP) is 4.86. The van der Waals surface area contributed by atoms with Crippen molar-refractivity contribution in [3.8, 4) is 5.75 Å². The largest absolute Gasteiger partial charge is 0.494 e. The van der Waals surface area contributed by atoms with Crippen molar-refractivity contribution in [3.05, 3.63) is 48.0 Å². The van der Waals surface area contributed by atoms with Gasteiger partial charge >= 0.3 is 0 Å². The second-order valence-electron chi connectivity index (χ2n) is 9.08. The molecule has 0 bridgehead atoms. The highest BCUT2D eigenvalue weighted by atomic mass is 32.2. The molecule has 2 aliphatic rings. The van der Waals surface area contributed by atoms with Gasteiger partial charge in [0.1, 0.15) is 5.75 Å². The lowest BCUT2D eigenvalue weighted by Gasteiger charge is -2.21. The van der Waals surface area contributed by atoms with Gasteiger partial charge in [-0.2, -0.15) is 0 Å². The van der Waals surface area contributed by atoms with Crippen molar-refractivity contribution in [2.75, 3.05) is 36.2 Å². The maximum atomic E-state index is 13.1. The number of carbonyl (C=O) groups excluding carboxylic acids is 3. The Balaban J connectivity index is 1.36. The number of thioether (sulfide) groups is 1. The maximum Gasteiger partial charge on any atom is 0.256 e. The van der Waals surface area contributed by atoms with Gasteiger partial charge in [-0.3, -0.25) is 14.4 Å². The van der Waals surface area contributed by atoms with Gasteiger partial charge < -0.3 is 20.3 Å². The van der Waals surface area contributed by atoms with Crippen molar-refractivity contribution in [3.63, 3.8) is 0 Å². The molecular weight excluding hydrogens is 462 g/mol. The minimum Gasteiger partial charge on any atom is -0.494 e. The van der Waals surface area contributed by atoms with E-state index in [1.807, 2.05) is 18.2 Å². The smallest absolute Gasteiger partial charge is 0.256 e. The molecule has 2 fully saturated rings. The Kier molecular flexibility index (Phi) is 8.69. The second-order valence-corrected chi connectivity index (χ2v) is 10.1. The molecule has 0 aromatic heterocycles. The van der Waals surface area contributed by atoms with Gasteiger partial charge in [-0.1, -0.05) is 31.4 Å². The average molecular weight is 496 g/mol. The van der Waals surface area contributed by atoms with E-state index in [4.69, 9.17) is 4.74 Å². The first-order valence-electron chi connectivity index (χ1n) is 12.3. The fourth-order valence-corrected chi connectivity index (χ4v) is 5.58. The van der Waals surface area contributed by atoms with Crippen LogP contribution in [0.1, 0.15) is 55.3 Å². The number of benzene rings is 2. The number of anilines is 2. The number of nitrogens with one attached hydrogen (secondary N) is 2. The molecule has 35 heavy (non-hydrogen) atoms. The summed E-state index contributed by atoms with van der Waals surface area (Å²) < 4.78 is 5.50. The van der Waals surface area contributed by atoms with Crippen molar-refractivity contribution >= 4 is 40.9 Å². The molecule has 2 aromatic rings. The van der Waals surface area contributed by atoms with Crippen molar-refractivity contribution in [2.24, 2.45) is 5.92 Å². The van der Waals surface area contributed by atoms with Gasteiger partial charge in [0, 0.05) is 36.2 Å². The Morgan fingerprint density at radius 1 is 1.09 bits per heavy atom. The number of amides is 3. The minimum absolute atomic E-state index is 0.00688. The van der Waals surface area contributed by atoms with Crippen LogP contribution >= 0.6 is 11.8 Å². The van der Waals surface area contributed by atoms with Gasteiger partial charge in [0.15, 0.2) is 0 Å². The highest BCUT2D eigenvalue weighted by Crippen LogP contribution is 2.34. The third kappa shape index (κ3) is 6.57. The van der Waals surface area contributed by atoms with E-state index >= 15 is 0 Å². The van der Waals surface area contributed by atoms with E-state index in [0.29, 0.717) is 41.6 Å². The first-order valence-corrected chi connectivity index (χ1v) is 13.3. The molecule has 0 radical (unpaired) electrons. The van der Waals surface area contributed by atoms with E-state index in [0.717, 1.165) is 17.9 Å². The van der Waals surface area contributed by atoms with E-state index in [-0.39, 0.29) is 23.5 Å². The Morgan fingerprint density at radius 2 is 1.89 bits per heavy atom. The lowest BCUT2D eigenvalue weighted by atomic mass is 9.89. The van der Waals surface area contributed by atoms with Crippen LogP contribution in [-0.2, 0) is 9.59 Å². The molecule has 1 aliphatic heterocycles. The van der Waals surface area contributed by atoms with Crippen LogP contribution in [-0.4, -0.2) is 43.7 Å². The van der Waals surface area contributed by atoms with E-state index < -0.39 is 0 Å². The van der Waals surface area contributed by atoms with Crippen LogP contribution < -0.4 is 20.3 Å². The van der Waals surface area contributed by atoms with Gasteiger partial charge in [-0.25, -0.2) is 0 Å². The Hall–Kier alpha value is -3.00. The minimum atomic E-state index is -0.261. The molecule has 186 valence electrons.